The third-order valence-corrected chi connectivity index (χ3v) is 1.63. The van der Waals surface area contributed by atoms with Gasteiger partial charge in [-0.15, -0.1) is 0 Å². The molecular weight excluding hydrogens is 276 g/mol. The smallest absolute Gasteiger partial charge is 0 e. The van der Waals surface area contributed by atoms with Crippen LogP contribution in [0.1, 0.15) is 33.1 Å². The van der Waals surface area contributed by atoms with Gasteiger partial charge in [0.15, 0.2) is 0 Å². The van der Waals surface area contributed by atoms with Gasteiger partial charge in [-0.25, -0.2) is 0 Å². The molecule has 18 heavy (non-hydrogen) atoms. The van der Waals surface area contributed by atoms with E-state index < -0.39 is 5.60 Å². The van der Waals surface area contributed by atoms with Crippen molar-refractivity contribution in [2.75, 3.05) is 0 Å². The molecule has 0 amide bonds. The fourth-order valence-corrected chi connectivity index (χ4v) is 0.893. The van der Waals surface area contributed by atoms with Crippen molar-refractivity contribution >= 4 is 0 Å². The van der Waals surface area contributed by atoms with Crippen LogP contribution in [-0.2, 0) is 31.0 Å². The summed E-state index contributed by atoms with van der Waals surface area (Å²) in [5.41, 5.74) is -0.649. The number of rotatable bonds is 5. The van der Waals surface area contributed by atoms with Crippen molar-refractivity contribution in [2.24, 2.45) is 0 Å². The zero-order valence-corrected chi connectivity index (χ0v) is 11.7. The fraction of sp³-hybridized carbons (Fsp3) is 0.462. The van der Waals surface area contributed by atoms with E-state index >= 15 is 0 Å². The fourth-order valence-electron chi connectivity index (χ4n) is 0.893. The molecule has 0 heterocycles. The Bertz CT molecular complexity index is 225. The molecule has 1 unspecified atom stereocenters. The summed E-state index contributed by atoms with van der Waals surface area (Å²) in [6.07, 6.45) is 8.27. The predicted molar refractivity (Wildman–Crippen MR) is 61.3 cm³/mol. The van der Waals surface area contributed by atoms with E-state index in [2.05, 4.69) is 33.5 Å². The second kappa shape index (κ2) is 29.8. The molecule has 0 rings (SSSR count). The molecule has 0 spiro atoms. The van der Waals surface area contributed by atoms with Crippen molar-refractivity contribution in [1.29, 1.82) is 0 Å². The standard InChI is InChI=1S/C10H18O.3CO.Fe/c1-4-6-8-10(3,11)9-7-5-2;3*1-2;/h4,6,8,11H,1,5,7,9H2,2-3H3;;;;/b8-6+;;;;. The molecule has 5 heteroatoms. The van der Waals surface area contributed by atoms with Gasteiger partial charge in [0.1, 0.15) is 0 Å². The van der Waals surface area contributed by atoms with Crippen LogP contribution in [0.4, 0.5) is 0 Å². The number of aliphatic hydroxyl groups is 1. The monoisotopic (exact) mass is 294 g/mol. The molecule has 1 atom stereocenters. The SMILES string of the molecule is C=C/C=C/C(C)(O)CCCC.[C-]#[O+].[C-]#[O+].[C-]#[O+].[Fe]. The Labute approximate surface area is 120 Å². The second-order valence-corrected chi connectivity index (χ2v) is 3.06. The van der Waals surface area contributed by atoms with E-state index in [1.807, 2.05) is 6.92 Å². The topological polar surface area (TPSA) is 79.9 Å². The summed E-state index contributed by atoms with van der Waals surface area (Å²) in [7, 11) is 0. The molecule has 0 aliphatic carbocycles. The van der Waals surface area contributed by atoms with Crippen LogP contribution in [0.2, 0.25) is 0 Å². The molecule has 0 aromatic carbocycles. The first kappa shape index (κ1) is 30.3. The van der Waals surface area contributed by atoms with Gasteiger partial charge < -0.3 is 5.11 Å². The summed E-state index contributed by atoms with van der Waals surface area (Å²) in [4.78, 5) is 0. The Kier molecular flexibility index (Phi) is 50.2. The van der Waals surface area contributed by atoms with E-state index in [1.165, 1.54) is 0 Å². The molecule has 0 fully saturated rings. The zero-order valence-electron chi connectivity index (χ0n) is 10.6. The first-order valence-corrected chi connectivity index (χ1v) is 4.76. The quantitative estimate of drug-likeness (QED) is 0.359. The Balaban J connectivity index is -0.0000000700. The molecule has 0 aromatic rings. The van der Waals surface area contributed by atoms with Gasteiger partial charge in [-0.2, -0.15) is 0 Å². The first-order valence-electron chi connectivity index (χ1n) is 4.76. The normalized spacial score (nSPS) is 10.5. The minimum atomic E-state index is -0.649. The third-order valence-electron chi connectivity index (χ3n) is 1.63. The number of allylic oxidation sites excluding steroid dienone is 2. The van der Waals surface area contributed by atoms with Gasteiger partial charge in [0.05, 0.1) is 5.60 Å². The minimum absolute atomic E-state index is 0. The van der Waals surface area contributed by atoms with Crippen molar-refractivity contribution in [2.45, 2.75) is 38.7 Å². The molecule has 0 radical (unpaired) electrons. The van der Waals surface area contributed by atoms with Crippen molar-refractivity contribution in [3.8, 4) is 0 Å². The first-order chi connectivity index (χ1) is 8.12. The minimum Gasteiger partial charge on any atom is 0 e. The van der Waals surface area contributed by atoms with Crippen molar-refractivity contribution < 1.29 is 36.1 Å². The molecule has 4 nitrogen and oxygen atoms in total. The van der Waals surface area contributed by atoms with Crippen molar-refractivity contribution in [1.82, 2.24) is 0 Å². The van der Waals surface area contributed by atoms with Gasteiger partial charge in [0, 0.05) is 17.1 Å². The van der Waals surface area contributed by atoms with Crippen LogP contribution in [-0.4, -0.2) is 10.7 Å². The summed E-state index contributed by atoms with van der Waals surface area (Å²) >= 11 is 0. The number of hydrogen-bond acceptors (Lipinski definition) is 1. The summed E-state index contributed by atoms with van der Waals surface area (Å²) in [5, 5.41) is 9.64. The molecule has 0 aliphatic rings. The van der Waals surface area contributed by atoms with Crippen LogP contribution in [0.3, 0.4) is 0 Å². The van der Waals surface area contributed by atoms with Gasteiger partial charge in [0.25, 0.3) is 0 Å². The maximum Gasteiger partial charge on any atom is 0 e. The third kappa shape index (κ3) is 36.2. The molecule has 0 saturated carbocycles. The molecule has 0 bridgehead atoms. The molecule has 0 aromatic heterocycles. The maximum absolute atomic E-state index is 9.64. The maximum atomic E-state index is 9.64. The van der Waals surface area contributed by atoms with E-state index in [1.54, 1.807) is 18.2 Å². The van der Waals surface area contributed by atoms with Crippen molar-refractivity contribution in [3.63, 3.8) is 0 Å². The van der Waals surface area contributed by atoms with E-state index in [0.29, 0.717) is 0 Å². The van der Waals surface area contributed by atoms with Gasteiger partial charge in [-0.1, -0.05) is 44.6 Å². The largest absolute Gasteiger partial charge is 0 e. The Morgan fingerprint density at radius 2 is 1.56 bits per heavy atom. The Morgan fingerprint density at radius 3 is 1.83 bits per heavy atom. The molecule has 1 N–H and O–H groups in total. The van der Waals surface area contributed by atoms with Crippen LogP contribution in [0.25, 0.3) is 0 Å². The van der Waals surface area contributed by atoms with Gasteiger partial charge in [-0.05, 0) is 13.3 Å². The molecule has 0 saturated heterocycles. The van der Waals surface area contributed by atoms with Crippen molar-refractivity contribution in [3.05, 3.63) is 44.8 Å². The van der Waals surface area contributed by atoms with Crippen LogP contribution < -0.4 is 0 Å². The van der Waals surface area contributed by atoms with E-state index in [4.69, 9.17) is 14.0 Å². The molecule has 102 valence electrons. The summed E-state index contributed by atoms with van der Waals surface area (Å²) < 4.78 is 22.5. The predicted octanol–water partition coefficient (Wildman–Crippen LogP) is 2.55. The number of hydrogen-bond donors (Lipinski definition) is 1. The van der Waals surface area contributed by atoms with E-state index in [-0.39, 0.29) is 17.1 Å². The molecule has 0 aliphatic heterocycles. The van der Waals surface area contributed by atoms with Gasteiger partial charge in [0.2, 0.25) is 0 Å². The Morgan fingerprint density at radius 1 is 1.17 bits per heavy atom. The van der Waals surface area contributed by atoms with Gasteiger partial charge in [-0.3, -0.25) is 0 Å². The van der Waals surface area contributed by atoms with E-state index in [9.17, 15) is 5.11 Å². The average Bonchev–Trinajstić information content (AvgIpc) is 2.41. The zero-order chi connectivity index (χ0) is 14.7. The van der Waals surface area contributed by atoms with Crippen LogP contribution in [0, 0.1) is 20.0 Å². The van der Waals surface area contributed by atoms with Crippen LogP contribution >= 0.6 is 0 Å². The number of unbranched alkanes of at least 4 members (excludes halogenated alkanes) is 1. The van der Waals surface area contributed by atoms with Gasteiger partial charge >= 0.3 is 33.9 Å². The second-order valence-electron chi connectivity index (χ2n) is 3.06. The summed E-state index contributed by atoms with van der Waals surface area (Å²) in [6, 6.07) is 0. The van der Waals surface area contributed by atoms with Crippen LogP contribution in [0.5, 0.6) is 0 Å². The summed E-state index contributed by atoms with van der Waals surface area (Å²) in [6.45, 7) is 21.0. The van der Waals surface area contributed by atoms with Crippen LogP contribution in [0.15, 0.2) is 24.8 Å². The molecular formula is C13H18FeO4. The van der Waals surface area contributed by atoms with E-state index in [0.717, 1.165) is 19.3 Å². The summed E-state index contributed by atoms with van der Waals surface area (Å²) in [5.74, 6) is 0. The Hall–Kier alpha value is -0.821. The average molecular weight is 294 g/mol.